The van der Waals surface area contributed by atoms with Crippen molar-refractivity contribution >= 4 is 29.1 Å². The van der Waals surface area contributed by atoms with E-state index in [0.717, 1.165) is 18.4 Å². The van der Waals surface area contributed by atoms with Gasteiger partial charge in [0.25, 0.3) is 5.91 Å². The zero-order chi connectivity index (χ0) is 27.3. The maximum atomic E-state index is 13.8. The maximum absolute atomic E-state index is 13.8. The number of primary amides is 1. The molecule has 3 N–H and O–H groups in total. The van der Waals surface area contributed by atoms with Crippen molar-refractivity contribution in [2.45, 2.75) is 31.3 Å². The Bertz CT molecular complexity index is 1310. The Balaban J connectivity index is 1.65. The van der Waals surface area contributed by atoms with E-state index in [0.29, 0.717) is 42.4 Å². The van der Waals surface area contributed by atoms with E-state index < -0.39 is 12.1 Å². The molecule has 2 aromatic carbocycles. The summed E-state index contributed by atoms with van der Waals surface area (Å²) >= 11 is 0. The topological polar surface area (TPSA) is 134 Å². The first kappa shape index (κ1) is 27.0. The van der Waals surface area contributed by atoms with Crippen molar-refractivity contribution in [3.05, 3.63) is 54.1 Å². The first-order valence-electron chi connectivity index (χ1n) is 12.5. The summed E-state index contributed by atoms with van der Waals surface area (Å²) in [5.41, 5.74) is 7.41. The van der Waals surface area contributed by atoms with Crippen LogP contribution in [-0.2, 0) is 16.0 Å². The second kappa shape index (κ2) is 11.6. The van der Waals surface area contributed by atoms with Crippen molar-refractivity contribution < 1.29 is 33.0 Å². The van der Waals surface area contributed by atoms with Crippen LogP contribution in [0.3, 0.4) is 0 Å². The molecule has 0 aliphatic carbocycles. The van der Waals surface area contributed by atoms with Crippen LogP contribution < -0.4 is 20.6 Å². The fourth-order valence-electron chi connectivity index (χ4n) is 4.61. The zero-order valence-electron chi connectivity index (χ0n) is 22.2. The second-order valence-corrected chi connectivity index (χ2v) is 9.94. The number of benzene rings is 2. The monoisotopic (exact) mass is 525 g/mol. The van der Waals surface area contributed by atoms with E-state index in [-0.39, 0.29) is 16.4 Å². The smallest absolute Gasteiger partial charge is 0.411 e. The molecule has 0 spiro atoms. The van der Waals surface area contributed by atoms with Crippen LogP contribution in [0.25, 0.3) is 11.0 Å². The van der Waals surface area contributed by atoms with Crippen molar-refractivity contribution in [1.82, 2.24) is 20.5 Å². The summed E-state index contributed by atoms with van der Waals surface area (Å²) in [6.07, 6.45) is 1.03. The Labute approximate surface area is 221 Å². The molecule has 3 aromatic rings. The largest absolute Gasteiger partial charge is 0.572 e. The highest BCUT2D eigenvalue weighted by Gasteiger charge is 2.47. The van der Waals surface area contributed by atoms with Gasteiger partial charge in [-0.25, -0.2) is 9.63 Å². The summed E-state index contributed by atoms with van der Waals surface area (Å²) in [7, 11) is 7.57. The molecule has 12 nitrogen and oxygen atoms in total. The number of aromatic nitrogens is 3. The number of nitrogens with one attached hydrogen (secondary N) is 1. The summed E-state index contributed by atoms with van der Waals surface area (Å²) in [5.74, 6) is 0.228. The molecule has 1 saturated heterocycles. The number of amidine groups is 1. The van der Waals surface area contributed by atoms with Gasteiger partial charge in [0.2, 0.25) is 0 Å². The molecule has 1 aliphatic rings. The minimum atomic E-state index is -0.882. The number of para-hydroxylation sites is 1. The number of quaternary nitrogens is 1. The fraction of sp³-hybridized carbons (Fsp3) is 0.423. The van der Waals surface area contributed by atoms with Gasteiger partial charge in [-0.1, -0.05) is 29.1 Å². The van der Waals surface area contributed by atoms with Gasteiger partial charge in [0.1, 0.15) is 30.9 Å². The number of fused-ring (bicyclic) bond motifs is 1. The molecule has 202 valence electrons. The highest BCUT2D eigenvalue weighted by Crippen LogP contribution is 2.20. The third-order valence-electron chi connectivity index (χ3n) is 6.59. The normalized spacial score (nSPS) is 15.1. The highest BCUT2D eigenvalue weighted by molar-refractivity contribution is 5.83. The molecule has 12 heteroatoms. The average Bonchev–Trinajstić information content (AvgIpc) is 3.29. The summed E-state index contributed by atoms with van der Waals surface area (Å²) in [6.45, 7) is 1.24. The van der Waals surface area contributed by atoms with Crippen LogP contribution in [-0.4, -0.2) is 95.7 Å². The molecule has 0 saturated carbocycles. The number of nitrogens with zero attached hydrogens (tertiary/aromatic N) is 5. The summed E-state index contributed by atoms with van der Waals surface area (Å²) in [5, 5.41) is 11.6. The van der Waals surface area contributed by atoms with Crippen LogP contribution in [0.15, 0.2) is 48.5 Å². The Morgan fingerprint density at radius 2 is 1.84 bits per heavy atom. The lowest BCUT2D eigenvalue weighted by atomic mass is 10.0. The number of carbonyl (C=O) groups is 2. The van der Waals surface area contributed by atoms with E-state index in [4.69, 9.17) is 20.0 Å². The minimum Gasteiger partial charge on any atom is -0.411 e. The molecule has 0 bridgehead atoms. The first-order valence-corrected chi connectivity index (χ1v) is 12.5. The van der Waals surface area contributed by atoms with E-state index in [9.17, 15) is 9.59 Å². The quantitative estimate of drug-likeness (QED) is 0.203. The number of hydrogen-bond donors (Lipinski definition) is 2. The molecule has 0 unspecified atom stereocenters. The standard InChI is InChI=1S/C26H33N7O5/c1-31(2)26(38-32-22-8-6-5-7-21(22)29-30-32)33(3,4)23(24(34)28-19-13-15-36-16-14-19)17-18-9-11-20(12-10-18)37-25(27)35/h5-12,19,23H,13-17H2,1-4H3,(H-2,27,28,34,35)/p+2/t23-/m0/s1. The van der Waals surface area contributed by atoms with Gasteiger partial charge in [0, 0.05) is 25.7 Å². The molecule has 1 aromatic heterocycles. The average molecular weight is 526 g/mol. The predicted octanol–water partition coefficient (Wildman–Crippen LogP) is 0.928. The van der Waals surface area contributed by atoms with E-state index >= 15 is 0 Å². The van der Waals surface area contributed by atoms with Crippen LogP contribution in [0, 0.1) is 0 Å². The van der Waals surface area contributed by atoms with Crippen molar-refractivity contribution in [2.24, 2.45) is 5.73 Å². The van der Waals surface area contributed by atoms with Gasteiger partial charge >= 0.3 is 12.1 Å². The summed E-state index contributed by atoms with van der Waals surface area (Å²) in [6, 6.07) is 14.4. The number of nitrogens with two attached hydrogens (primary N) is 1. The summed E-state index contributed by atoms with van der Waals surface area (Å²) < 4.78 is 12.3. The molecule has 1 fully saturated rings. The van der Waals surface area contributed by atoms with Gasteiger partial charge in [-0.2, -0.15) is 9.06 Å². The summed E-state index contributed by atoms with van der Waals surface area (Å²) in [4.78, 5) is 32.6. The van der Waals surface area contributed by atoms with Crippen LogP contribution in [0.2, 0.25) is 0 Å². The lowest BCUT2D eigenvalue weighted by Crippen LogP contribution is -2.65. The van der Waals surface area contributed by atoms with Crippen LogP contribution in [0.5, 0.6) is 5.75 Å². The number of rotatable bonds is 7. The van der Waals surface area contributed by atoms with Gasteiger partial charge in [-0.3, -0.25) is 4.79 Å². The molecule has 4 rings (SSSR count). The maximum Gasteiger partial charge on any atom is 0.572 e. The Morgan fingerprint density at radius 3 is 2.50 bits per heavy atom. The van der Waals surface area contributed by atoms with Gasteiger partial charge in [0.05, 0.1) is 14.1 Å². The van der Waals surface area contributed by atoms with Crippen molar-refractivity contribution in [3.63, 3.8) is 0 Å². The Morgan fingerprint density at radius 1 is 1.16 bits per heavy atom. The van der Waals surface area contributed by atoms with Crippen LogP contribution in [0.1, 0.15) is 18.4 Å². The number of likely N-dealkylation sites (N-methyl/N-ethyl adjacent to an activating group) is 1. The van der Waals surface area contributed by atoms with Crippen LogP contribution in [0.4, 0.5) is 4.79 Å². The van der Waals surface area contributed by atoms with E-state index in [1.54, 1.807) is 12.1 Å². The molecular formula is C26H35N7O5+2. The van der Waals surface area contributed by atoms with Gasteiger partial charge in [0.15, 0.2) is 6.04 Å². The third kappa shape index (κ3) is 6.26. The van der Waals surface area contributed by atoms with Gasteiger partial charge in [-0.05, 0) is 47.9 Å². The van der Waals surface area contributed by atoms with E-state index in [2.05, 4.69) is 15.6 Å². The molecule has 2 amide bonds. The van der Waals surface area contributed by atoms with Crippen molar-refractivity contribution in [2.75, 3.05) is 41.4 Å². The molecule has 1 atom stereocenters. The third-order valence-corrected chi connectivity index (χ3v) is 6.59. The number of carbonyl (C=O) groups excluding carboxylic acids is 2. The molecule has 0 radical (unpaired) electrons. The lowest BCUT2D eigenvalue weighted by Gasteiger charge is -2.34. The zero-order valence-corrected chi connectivity index (χ0v) is 22.2. The SMILES string of the molecule is C[N+](C)=C(On1nnc2ccccc21)[N+](C)(C)[C@@H](Cc1ccc(OC(N)=O)cc1)C(=O)NC1CCOCC1. The van der Waals surface area contributed by atoms with E-state index in [1.807, 2.05) is 69.2 Å². The number of ether oxygens (including phenoxy) is 2. The van der Waals surface area contributed by atoms with Gasteiger partial charge < -0.3 is 20.5 Å². The number of amides is 2. The Kier molecular flexibility index (Phi) is 8.23. The molecule has 38 heavy (non-hydrogen) atoms. The van der Waals surface area contributed by atoms with Crippen LogP contribution >= 0.6 is 0 Å². The highest BCUT2D eigenvalue weighted by atomic mass is 16.7. The Hall–Kier alpha value is -4.03. The molecule has 2 heterocycles. The minimum absolute atomic E-state index is 0.0353. The second-order valence-electron chi connectivity index (χ2n) is 9.94. The van der Waals surface area contributed by atoms with Gasteiger partial charge in [-0.15, -0.1) is 5.10 Å². The van der Waals surface area contributed by atoms with Crippen molar-refractivity contribution in [3.8, 4) is 5.75 Å². The van der Waals surface area contributed by atoms with E-state index in [1.165, 1.54) is 4.85 Å². The molecular weight excluding hydrogens is 490 g/mol. The predicted molar refractivity (Wildman–Crippen MR) is 139 cm³/mol. The van der Waals surface area contributed by atoms with Crippen molar-refractivity contribution in [1.29, 1.82) is 0 Å². The fourth-order valence-corrected chi connectivity index (χ4v) is 4.61. The first-order chi connectivity index (χ1) is 18.1. The molecule has 1 aliphatic heterocycles. The number of hydrogen-bond acceptors (Lipinski definition) is 7. The lowest BCUT2D eigenvalue weighted by molar-refractivity contribution is -0.850.